The first-order valence-electron chi connectivity index (χ1n) is 10.4. The summed E-state index contributed by atoms with van der Waals surface area (Å²) in [5.41, 5.74) is 11.9. The van der Waals surface area contributed by atoms with Crippen LogP contribution in [0.3, 0.4) is 0 Å². The van der Waals surface area contributed by atoms with Crippen molar-refractivity contribution in [1.29, 1.82) is 0 Å². The molecule has 0 bridgehead atoms. The molecule has 26 heavy (non-hydrogen) atoms. The van der Waals surface area contributed by atoms with E-state index < -0.39 is 0 Å². The van der Waals surface area contributed by atoms with Crippen molar-refractivity contribution in [2.45, 2.75) is 56.9 Å². The summed E-state index contributed by atoms with van der Waals surface area (Å²) in [6.07, 6.45) is 8.64. The minimum Gasteiger partial charge on any atom is -0.330 e. The molecule has 0 saturated carbocycles. The smallest absolute Gasteiger partial charge is 0.0170 e. The van der Waals surface area contributed by atoms with Crippen molar-refractivity contribution in [2.24, 2.45) is 5.73 Å². The van der Waals surface area contributed by atoms with E-state index in [-0.39, 0.29) is 0 Å². The van der Waals surface area contributed by atoms with Crippen LogP contribution in [0.1, 0.15) is 53.9 Å². The van der Waals surface area contributed by atoms with Gasteiger partial charge in [0, 0.05) is 12.0 Å². The molecule has 2 nitrogen and oxygen atoms in total. The Balaban J connectivity index is 1.66. The van der Waals surface area contributed by atoms with Crippen LogP contribution >= 0.6 is 0 Å². The van der Waals surface area contributed by atoms with Gasteiger partial charge in [-0.3, -0.25) is 4.90 Å². The van der Waals surface area contributed by atoms with E-state index in [0.717, 1.165) is 25.8 Å². The Morgan fingerprint density at radius 1 is 0.962 bits per heavy atom. The fourth-order valence-electron chi connectivity index (χ4n) is 5.02. The lowest BCUT2D eigenvalue weighted by atomic mass is 9.75. The Labute approximate surface area is 158 Å². The van der Waals surface area contributed by atoms with E-state index in [4.69, 9.17) is 5.73 Å². The number of nitrogens with two attached hydrogens (primary N) is 1. The molecule has 1 heterocycles. The van der Waals surface area contributed by atoms with Gasteiger partial charge in [-0.05, 0) is 86.8 Å². The number of rotatable bonds is 6. The zero-order chi connectivity index (χ0) is 17.8. The highest BCUT2D eigenvalue weighted by atomic mass is 15.2. The monoisotopic (exact) mass is 348 g/mol. The number of hydrogen-bond acceptors (Lipinski definition) is 2. The SMILES string of the molecule is NCCCc1ccc2c(c1)C(Cc1ccccc1)C(N1CCCC1)CC2. The van der Waals surface area contributed by atoms with E-state index in [2.05, 4.69) is 53.4 Å². The van der Waals surface area contributed by atoms with Crippen LogP contribution in [0, 0.1) is 0 Å². The maximum absolute atomic E-state index is 5.74. The third-order valence-electron chi connectivity index (χ3n) is 6.36. The van der Waals surface area contributed by atoms with Crippen molar-refractivity contribution in [1.82, 2.24) is 4.90 Å². The number of aryl methyl sites for hydroxylation is 2. The Morgan fingerprint density at radius 3 is 2.54 bits per heavy atom. The van der Waals surface area contributed by atoms with Crippen LogP contribution in [0.25, 0.3) is 0 Å². The average Bonchev–Trinajstić information content (AvgIpc) is 3.22. The third kappa shape index (κ3) is 3.87. The second-order valence-corrected chi connectivity index (χ2v) is 8.07. The largest absolute Gasteiger partial charge is 0.330 e. The Morgan fingerprint density at radius 2 is 1.77 bits per heavy atom. The fraction of sp³-hybridized carbons (Fsp3) is 0.500. The lowest BCUT2D eigenvalue weighted by molar-refractivity contribution is 0.188. The Bertz CT molecular complexity index is 703. The summed E-state index contributed by atoms with van der Waals surface area (Å²) < 4.78 is 0. The molecule has 4 rings (SSSR count). The maximum Gasteiger partial charge on any atom is 0.0170 e. The van der Waals surface area contributed by atoms with E-state index in [1.54, 1.807) is 11.1 Å². The first-order chi connectivity index (χ1) is 12.8. The number of hydrogen-bond donors (Lipinski definition) is 1. The van der Waals surface area contributed by atoms with Crippen molar-refractivity contribution in [3.05, 3.63) is 70.8 Å². The molecule has 2 atom stereocenters. The normalized spacial score (nSPS) is 23.1. The molecule has 1 saturated heterocycles. The fourth-order valence-corrected chi connectivity index (χ4v) is 5.02. The molecule has 138 valence electrons. The molecule has 2 aliphatic rings. The molecule has 0 amide bonds. The quantitative estimate of drug-likeness (QED) is 0.842. The number of likely N-dealkylation sites (tertiary alicyclic amines) is 1. The minimum absolute atomic E-state index is 0.622. The van der Waals surface area contributed by atoms with Gasteiger partial charge in [0.15, 0.2) is 0 Å². The molecular formula is C24H32N2. The van der Waals surface area contributed by atoms with E-state index >= 15 is 0 Å². The van der Waals surface area contributed by atoms with E-state index in [9.17, 15) is 0 Å². The lowest BCUT2D eigenvalue weighted by Gasteiger charge is -2.40. The average molecular weight is 349 g/mol. The zero-order valence-electron chi connectivity index (χ0n) is 15.9. The van der Waals surface area contributed by atoms with Gasteiger partial charge in [-0.1, -0.05) is 48.5 Å². The predicted molar refractivity (Wildman–Crippen MR) is 110 cm³/mol. The summed E-state index contributed by atoms with van der Waals surface area (Å²) >= 11 is 0. The highest BCUT2D eigenvalue weighted by molar-refractivity contribution is 5.39. The van der Waals surface area contributed by atoms with Crippen molar-refractivity contribution in [3.8, 4) is 0 Å². The van der Waals surface area contributed by atoms with E-state index in [1.807, 2.05) is 0 Å². The summed E-state index contributed by atoms with van der Waals surface area (Å²) in [6, 6.07) is 19.0. The highest BCUT2D eigenvalue weighted by Crippen LogP contribution is 2.39. The molecule has 2 aromatic rings. The number of nitrogens with zero attached hydrogens (tertiary/aromatic N) is 1. The molecular weight excluding hydrogens is 316 g/mol. The van der Waals surface area contributed by atoms with Crippen LogP contribution < -0.4 is 5.73 Å². The second kappa shape index (κ2) is 8.37. The Hall–Kier alpha value is -1.64. The minimum atomic E-state index is 0.622. The molecule has 0 radical (unpaired) electrons. The van der Waals surface area contributed by atoms with Crippen LogP contribution in [-0.4, -0.2) is 30.6 Å². The molecule has 2 aromatic carbocycles. The summed E-state index contributed by atoms with van der Waals surface area (Å²) in [7, 11) is 0. The zero-order valence-corrected chi connectivity index (χ0v) is 15.9. The van der Waals surface area contributed by atoms with Gasteiger partial charge >= 0.3 is 0 Å². The molecule has 0 aromatic heterocycles. The van der Waals surface area contributed by atoms with Gasteiger partial charge < -0.3 is 5.73 Å². The molecule has 2 heteroatoms. The first-order valence-corrected chi connectivity index (χ1v) is 10.4. The summed E-state index contributed by atoms with van der Waals surface area (Å²) in [6.45, 7) is 3.36. The maximum atomic E-state index is 5.74. The van der Waals surface area contributed by atoms with Crippen LogP contribution in [0.4, 0.5) is 0 Å². The van der Waals surface area contributed by atoms with Crippen molar-refractivity contribution < 1.29 is 0 Å². The van der Waals surface area contributed by atoms with Crippen molar-refractivity contribution >= 4 is 0 Å². The van der Waals surface area contributed by atoms with Gasteiger partial charge in [0.1, 0.15) is 0 Å². The van der Waals surface area contributed by atoms with Gasteiger partial charge in [0.05, 0.1) is 0 Å². The number of fused-ring (bicyclic) bond motifs is 1. The topological polar surface area (TPSA) is 29.3 Å². The highest BCUT2D eigenvalue weighted by Gasteiger charge is 2.34. The van der Waals surface area contributed by atoms with Crippen LogP contribution in [-0.2, 0) is 19.3 Å². The molecule has 2 N–H and O–H groups in total. The lowest BCUT2D eigenvalue weighted by Crippen LogP contribution is -2.41. The van der Waals surface area contributed by atoms with E-state index in [0.29, 0.717) is 12.0 Å². The van der Waals surface area contributed by atoms with E-state index in [1.165, 1.54) is 49.9 Å². The summed E-state index contributed by atoms with van der Waals surface area (Å²) in [5.74, 6) is 0.622. The predicted octanol–water partition coefficient (Wildman–Crippen LogP) is 4.31. The van der Waals surface area contributed by atoms with Crippen LogP contribution in [0.2, 0.25) is 0 Å². The third-order valence-corrected chi connectivity index (χ3v) is 6.36. The second-order valence-electron chi connectivity index (χ2n) is 8.07. The van der Waals surface area contributed by atoms with Gasteiger partial charge in [-0.25, -0.2) is 0 Å². The Kier molecular flexibility index (Phi) is 5.72. The van der Waals surface area contributed by atoms with Gasteiger partial charge in [-0.2, -0.15) is 0 Å². The standard InChI is InChI=1S/C24H32N2/c25-14-6-9-20-10-11-21-12-13-24(26-15-4-5-16-26)23(22(21)17-20)18-19-7-2-1-3-8-19/h1-3,7-8,10-11,17,23-24H,4-6,9,12-16,18,25H2. The molecule has 1 aliphatic heterocycles. The summed E-state index contributed by atoms with van der Waals surface area (Å²) in [4.78, 5) is 2.78. The van der Waals surface area contributed by atoms with Crippen LogP contribution in [0.5, 0.6) is 0 Å². The molecule has 1 fully saturated rings. The molecule has 0 spiro atoms. The van der Waals surface area contributed by atoms with Crippen molar-refractivity contribution in [2.75, 3.05) is 19.6 Å². The van der Waals surface area contributed by atoms with Gasteiger partial charge in [0.2, 0.25) is 0 Å². The number of benzene rings is 2. The molecule has 2 unspecified atom stereocenters. The van der Waals surface area contributed by atoms with Gasteiger partial charge in [0.25, 0.3) is 0 Å². The van der Waals surface area contributed by atoms with Crippen molar-refractivity contribution in [3.63, 3.8) is 0 Å². The first kappa shape index (κ1) is 17.8. The molecule has 1 aliphatic carbocycles. The van der Waals surface area contributed by atoms with Gasteiger partial charge in [-0.15, -0.1) is 0 Å². The summed E-state index contributed by atoms with van der Waals surface area (Å²) in [5, 5.41) is 0. The van der Waals surface area contributed by atoms with Crippen LogP contribution in [0.15, 0.2) is 48.5 Å².